The molecule has 29 heavy (non-hydrogen) atoms. The van der Waals surface area contributed by atoms with E-state index >= 15 is 0 Å². The molecule has 0 aliphatic heterocycles. The van der Waals surface area contributed by atoms with Crippen LogP contribution in [-0.2, 0) is 9.32 Å². The zero-order valence-electron chi connectivity index (χ0n) is 17.5. The van der Waals surface area contributed by atoms with Gasteiger partial charge in [0.05, 0.1) is 0 Å². The molecular formula is C26H31O2P. The fourth-order valence-corrected chi connectivity index (χ4v) is 10.1. The van der Waals surface area contributed by atoms with E-state index in [1.54, 1.807) is 0 Å². The first kappa shape index (κ1) is 21.3. The molecule has 3 rings (SSSR count). The molecule has 0 aliphatic carbocycles. The first-order valence-corrected chi connectivity index (χ1v) is 12.9. The van der Waals surface area contributed by atoms with Crippen molar-refractivity contribution < 1.29 is 9.32 Å². The topological polar surface area (TPSA) is 26.3 Å². The molecule has 0 radical (unpaired) electrons. The van der Waals surface area contributed by atoms with Gasteiger partial charge in [-0.25, -0.2) is 0 Å². The molecule has 2 nitrogen and oxygen atoms in total. The molecule has 0 amide bonds. The molecular weight excluding hydrogens is 375 g/mol. The van der Waals surface area contributed by atoms with Gasteiger partial charge in [0.15, 0.2) is 0 Å². The number of benzene rings is 3. The summed E-state index contributed by atoms with van der Waals surface area (Å²) in [4.78, 5) is 13.2. The van der Waals surface area contributed by atoms with Crippen LogP contribution in [0.3, 0.4) is 0 Å². The number of hydrogen-bond donors (Lipinski definition) is 0. The number of carbonyl (C=O) groups is 1. The van der Waals surface area contributed by atoms with Crippen molar-refractivity contribution in [1.82, 2.24) is 0 Å². The average Bonchev–Trinajstić information content (AvgIpc) is 2.79. The van der Waals surface area contributed by atoms with Crippen LogP contribution in [0.4, 0.5) is 0 Å². The summed E-state index contributed by atoms with van der Waals surface area (Å²) in [7, 11) is 0. The van der Waals surface area contributed by atoms with Crippen LogP contribution in [0.5, 0.6) is 0 Å². The third kappa shape index (κ3) is 3.87. The normalized spacial score (nSPS) is 12.7. The Kier molecular flexibility index (Phi) is 6.87. The summed E-state index contributed by atoms with van der Waals surface area (Å²) in [5.41, 5.74) is 0. The van der Waals surface area contributed by atoms with E-state index in [-0.39, 0.29) is 5.97 Å². The van der Waals surface area contributed by atoms with Crippen LogP contribution < -0.4 is 15.9 Å². The minimum atomic E-state index is -3.46. The summed E-state index contributed by atoms with van der Waals surface area (Å²) in [6.07, 6.45) is 4.04. The number of carbonyl (C=O) groups excluding carboxylic acids is 1. The van der Waals surface area contributed by atoms with Crippen LogP contribution >= 0.6 is 6.83 Å². The van der Waals surface area contributed by atoms with Gasteiger partial charge in [-0.15, -0.1) is 0 Å². The molecule has 0 heterocycles. The summed E-state index contributed by atoms with van der Waals surface area (Å²) in [6, 6.07) is 31.3. The van der Waals surface area contributed by atoms with Crippen molar-refractivity contribution in [2.45, 2.75) is 39.5 Å². The second kappa shape index (κ2) is 9.37. The molecule has 0 bridgehead atoms. The summed E-state index contributed by atoms with van der Waals surface area (Å²) in [5.74, 6) is -0.113. The Bertz CT molecular complexity index is 808. The monoisotopic (exact) mass is 406 g/mol. The molecule has 3 aromatic rings. The van der Waals surface area contributed by atoms with Crippen molar-refractivity contribution in [3.63, 3.8) is 0 Å². The van der Waals surface area contributed by atoms with Gasteiger partial charge in [0.1, 0.15) is 0 Å². The van der Waals surface area contributed by atoms with Gasteiger partial charge in [-0.05, 0) is 0 Å². The molecule has 0 fully saturated rings. The first-order chi connectivity index (χ1) is 14.2. The van der Waals surface area contributed by atoms with Crippen LogP contribution in [0.15, 0.2) is 91.0 Å². The molecule has 0 N–H and O–H groups in total. The molecule has 3 aromatic carbocycles. The third-order valence-electron chi connectivity index (χ3n) is 5.60. The van der Waals surface area contributed by atoms with Crippen LogP contribution in [0.1, 0.15) is 39.5 Å². The molecule has 152 valence electrons. The fourth-order valence-electron chi connectivity index (χ4n) is 4.20. The predicted molar refractivity (Wildman–Crippen MR) is 126 cm³/mol. The van der Waals surface area contributed by atoms with Crippen LogP contribution in [-0.4, -0.2) is 12.1 Å². The molecule has 0 saturated heterocycles. The standard InChI is InChI=1S/C26H31O2P/c1-3-5-22-29(28-26(27)15-4-2,23-16-9-6-10-17-23,24-18-11-7-12-19-24)25-20-13-8-14-21-25/h6-14,16-21H,3-5,15,22H2,1-2H3. The van der Waals surface area contributed by atoms with E-state index in [0.717, 1.165) is 41.3 Å². The number of unbranched alkanes of at least 4 members (excludes halogenated alkanes) is 1. The zero-order valence-corrected chi connectivity index (χ0v) is 18.4. The quantitative estimate of drug-likeness (QED) is 0.434. The Hall–Kier alpha value is -2.44. The van der Waals surface area contributed by atoms with Crippen LogP contribution in [0, 0.1) is 0 Å². The Morgan fingerprint density at radius 1 is 0.690 bits per heavy atom. The summed E-state index contributed by atoms with van der Waals surface area (Å²) >= 11 is 0. The Labute approximate surface area is 174 Å². The summed E-state index contributed by atoms with van der Waals surface area (Å²) in [6.45, 7) is 0.755. The second-order valence-electron chi connectivity index (χ2n) is 7.51. The van der Waals surface area contributed by atoms with Gasteiger partial charge < -0.3 is 0 Å². The molecule has 0 atom stereocenters. The molecule has 0 aliphatic rings. The Balaban J connectivity index is 2.45. The second-order valence-corrected chi connectivity index (χ2v) is 12.1. The summed E-state index contributed by atoms with van der Waals surface area (Å²) < 4.78 is 6.82. The molecule has 0 spiro atoms. The summed E-state index contributed by atoms with van der Waals surface area (Å²) in [5, 5.41) is 3.36. The maximum absolute atomic E-state index is 13.2. The van der Waals surface area contributed by atoms with Crippen molar-refractivity contribution in [2.75, 3.05) is 6.16 Å². The van der Waals surface area contributed by atoms with Crippen LogP contribution in [0.2, 0.25) is 0 Å². The maximum atomic E-state index is 13.2. The van der Waals surface area contributed by atoms with E-state index in [4.69, 9.17) is 4.52 Å². The van der Waals surface area contributed by atoms with Gasteiger partial charge in [0, 0.05) is 0 Å². The third-order valence-corrected chi connectivity index (χ3v) is 11.6. The van der Waals surface area contributed by atoms with Crippen molar-refractivity contribution in [3.05, 3.63) is 91.0 Å². The van der Waals surface area contributed by atoms with Gasteiger partial charge in [0.25, 0.3) is 0 Å². The number of rotatable bonds is 9. The van der Waals surface area contributed by atoms with E-state index in [1.807, 2.05) is 25.1 Å². The predicted octanol–water partition coefficient (Wildman–Crippen LogP) is 5.57. The fraction of sp³-hybridized carbons (Fsp3) is 0.269. The van der Waals surface area contributed by atoms with Gasteiger partial charge in [-0.3, -0.25) is 0 Å². The van der Waals surface area contributed by atoms with E-state index in [9.17, 15) is 4.79 Å². The molecule has 3 heteroatoms. The van der Waals surface area contributed by atoms with Crippen molar-refractivity contribution in [2.24, 2.45) is 0 Å². The van der Waals surface area contributed by atoms with E-state index in [2.05, 4.69) is 79.7 Å². The van der Waals surface area contributed by atoms with E-state index in [1.165, 1.54) is 0 Å². The molecule has 0 aromatic heterocycles. The zero-order chi connectivity index (χ0) is 20.6. The van der Waals surface area contributed by atoms with Crippen LogP contribution in [0.25, 0.3) is 0 Å². The first-order valence-electron chi connectivity index (χ1n) is 10.6. The number of hydrogen-bond acceptors (Lipinski definition) is 2. The van der Waals surface area contributed by atoms with Crippen molar-refractivity contribution in [3.8, 4) is 0 Å². The molecule has 0 unspecified atom stereocenters. The Morgan fingerprint density at radius 3 is 1.45 bits per heavy atom. The van der Waals surface area contributed by atoms with Crippen molar-refractivity contribution >= 4 is 28.7 Å². The van der Waals surface area contributed by atoms with E-state index < -0.39 is 6.83 Å². The molecule has 0 saturated carbocycles. The minimum absolute atomic E-state index is 0.113. The van der Waals surface area contributed by atoms with Gasteiger partial charge in [-0.2, -0.15) is 0 Å². The SMILES string of the molecule is CCCCP(OC(=O)CCC)(c1ccccc1)(c1ccccc1)c1ccccc1. The average molecular weight is 407 g/mol. The van der Waals surface area contributed by atoms with E-state index in [0.29, 0.717) is 6.42 Å². The van der Waals surface area contributed by atoms with Gasteiger partial charge >= 0.3 is 175 Å². The van der Waals surface area contributed by atoms with Crippen molar-refractivity contribution in [1.29, 1.82) is 0 Å². The van der Waals surface area contributed by atoms with Gasteiger partial charge in [0.2, 0.25) is 0 Å². The Morgan fingerprint density at radius 2 is 1.10 bits per heavy atom. The van der Waals surface area contributed by atoms with Gasteiger partial charge in [-0.1, -0.05) is 0 Å².